The van der Waals surface area contributed by atoms with Crippen molar-refractivity contribution in [2.45, 2.75) is 19.4 Å². The third-order valence-corrected chi connectivity index (χ3v) is 6.94. The third-order valence-electron chi connectivity index (χ3n) is 6.12. The van der Waals surface area contributed by atoms with Gasteiger partial charge in [-0.05, 0) is 42.0 Å². The largest absolute Gasteiger partial charge is 0.497 e. The molecular weight excluding hydrogens is 530 g/mol. The number of nitrogens with one attached hydrogen (secondary N) is 1. The predicted octanol–water partition coefficient (Wildman–Crippen LogP) is 6.32. The minimum atomic E-state index is -0.366. The lowest BCUT2D eigenvalue weighted by atomic mass is 9.91. The van der Waals surface area contributed by atoms with Crippen LogP contribution in [0.1, 0.15) is 30.5 Å². The Hall–Kier alpha value is -3.42. The van der Waals surface area contributed by atoms with Crippen molar-refractivity contribution in [3.8, 4) is 16.9 Å². The topological polar surface area (TPSA) is 74.8 Å². The van der Waals surface area contributed by atoms with Crippen LogP contribution >= 0.6 is 27.5 Å². The number of nitrogens with zero attached hydrogens (tertiary/aromatic N) is 2. The molecule has 0 saturated heterocycles. The van der Waals surface area contributed by atoms with Crippen molar-refractivity contribution in [2.24, 2.45) is 5.10 Å². The van der Waals surface area contributed by atoms with Crippen molar-refractivity contribution in [3.05, 3.63) is 97.7 Å². The maximum atomic E-state index is 13.5. The van der Waals surface area contributed by atoms with E-state index in [1.165, 1.54) is 11.9 Å². The number of benzene rings is 3. The third kappa shape index (κ3) is 4.26. The molecule has 8 heteroatoms. The van der Waals surface area contributed by atoms with Gasteiger partial charge in [-0.3, -0.25) is 9.59 Å². The SMILES string of the molecule is COc1cccc(C2CC(c3c(-c4ccccc4Cl)c4cc(Br)ccc4[nH]c3=O)=NN2C(C)=O)c1. The number of halogens is 2. The summed E-state index contributed by atoms with van der Waals surface area (Å²) in [4.78, 5) is 29.1. The lowest BCUT2D eigenvalue weighted by Crippen LogP contribution is -2.24. The Morgan fingerprint density at radius 3 is 2.66 bits per heavy atom. The van der Waals surface area contributed by atoms with E-state index in [0.717, 1.165) is 21.0 Å². The summed E-state index contributed by atoms with van der Waals surface area (Å²) in [5, 5.41) is 7.44. The molecule has 3 aromatic carbocycles. The Labute approximate surface area is 215 Å². The number of hydrogen-bond donors (Lipinski definition) is 1. The van der Waals surface area contributed by atoms with Crippen LogP contribution in [0.5, 0.6) is 5.75 Å². The quantitative estimate of drug-likeness (QED) is 0.323. The van der Waals surface area contributed by atoms with E-state index in [-0.39, 0.29) is 17.5 Å². The monoisotopic (exact) mass is 549 g/mol. The Kier molecular flexibility index (Phi) is 6.21. The van der Waals surface area contributed by atoms with Gasteiger partial charge >= 0.3 is 0 Å². The number of hydrazone groups is 1. The molecule has 4 aromatic rings. The Bertz CT molecular complexity index is 1560. The Morgan fingerprint density at radius 1 is 1.11 bits per heavy atom. The lowest BCUT2D eigenvalue weighted by molar-refractivity contribution is -0.130. The summed E-state index contributed by atoms with van der Waals surface area (Å²) < 4.78 is 6.24. The number of methoxy groups -OCH3 is 1. The Morgan fingerprint density at radius 2 is 1.91 bits per heavy atom. The predicted molar refractivity (Wildman–Crippen MR) is 142 cm³/mol. The molecule has 0 saturated carbocycles. The molecule has 1 aliphatic heterocycles. The highest BCUT2D eigenvalue weighted by molar-refractivity contribution is 9.10. The van der Waals surface area contributed by atoms with E-state index >= 15 is 0 Å². The number of carbonyl (C=O) groups is 1. The van der Waals surface area contributed by atoms with Gasteiger partial charge in [-0.15, -0.1) is 0 Å². The van der Waals surface area contributed by atoms with E-state index in [1.54, 1.807) is 13.2 Å². The van der Waals surface area contributed by atoms with Gasteiger partial charge in [-0.1, -0.05) is 57.9 Å². The zero-order chi connectivity index (χ0) is 24.7. The molecule has 0 spiro atoms. The zero-order valence-corrected chi connectivity index (χ0v) is 21.4. The Balaban J connectivity index is 1.75. The smallest absolute Gasteiger partial charge is 0.258 e. The van der Waals surface area contributed by atoms with E-state index in [0.29, 0.717) is 39.5 Å². The minimum Gasteiger partial charge on any atom is -0.497 e. The van der Waals surface area contributed by atoms with Crippen molar-refractivity contribution in [1.82, 2.24) is 9.99 Å². The average molecular weight is 551 g/mol. The summed E-state index contributed by atoms with van der Waals surface area (Å²) in [5.74, 6) is 0.469. The number of ether oxygens (including phenoxy) is 1. The molecule has 6 nitrogen and oxygen atoms in total. The second kappa shape index (κ2) is 9.32. The molecule has 5 rings (SSSR count). The second-order valence-corrected chi connectivity index (χ2v) is 9.60. The fraction of sp³-hybridized carbons (Fsp3) is 0.148. The molecular formula is C27H21BrClN3O3. The molecule has 0 fully saturated rings. The highest BCUT2D eigenvalue weighted by Gasteiger charge is 2.34. The molecule has 0 radical (unpaired) electrons. The van der Waals surface area contributed by atoms with Crippen LogP contribution in [0.25, 0.3) is 22.0 Å². The molecule has 1 amide bonds. The van der Waals surface area contributed by atoms with Crippen molar-refractivity contribution >= 4 is 50.1 Å². The van der Waals surface area contributed by atoms with Crippen molar-refractivity contribution in [3.63, 3.8) is 0 Å². The minimum absolute atomic E-state index is 0.216. The van der Waals surface area contributed by atoms with Crippen LogP contribution in [0.15, 0.2) is 81.1 Å². The van der Waals surface area contributed by atoms with E-state index in [1.807, 2.05) is 60.7 Å². The van der Waals surface area contributed by atoms with Gasteiger partial charge in [0.25, 0.3) is 5.56 Å². The number of rotatable bonds is 4. The summed E-state index contributed by atoms with van der Waals surface area (Å²) in [5.41, 5.74) is 3.60. The van der Waals surface area contributed by atoms with E-state index < -0.39 is 0 Å². The maximum Gasteiger partial charge on any atom is 0.258 e. The standard InChI is InChI=1S/C27H21BrClN3O3/c1-15(33)32-24(16-6-5-7-18(12-16)35-2)14-23(31-32)26-25(19-8-3-4-9-21(19)29)20-13-17(28)10-11-22(20)30-27(26)34/h3-13,24H,14H2,1-2H3,(H,30,34). The highest BCUT2D eigenvalue weighted by Crippen LogP contribution is 2.39. The highest BCUT2D eigenvalue weighted by atomic mass is 79.9. The second-order valence-electron chi connectivity index (χ2n) is 8.28. The van der Waals surface area contributed by atoms with Crippen molar-refractivity contribution in [1.29, 1.82) is 0 Å². The number of aromatic amines is 1. The van der Waals surface area contributed by atoms with Crippen molar-refractivity contribution in [2.75, 3.05) is 7.11 Å². The molecule has 0 bridgehead atoms. The van der Waals surface area contributed by atoms with E-state index in [2.05, 4.69) is 26.0 Å². The van der Waals surface area contributed by atoms with Gasteiger partial charge in [0.1, 0.15) is 5.75 Å². The van der Waals surface area contributed by atoms with Crippen LogP contribution in [-0.4, -0.2) is 28.7 Å². The van der Waals surface area contributed by atoms with Crippen LogP contribution in [0.4, 0.5) is 0 Å². The van der Waals surface area contributed by atoms with Gasteiger partial charge < -0.3 is 9.72 Å². The average Bonchev–Trinajstić information content (AvgIpc) is 3.29. The first-order valence-electron chi connectivity index (χ1n) is 11.0. The molecule has 1 aliphatic rings. The summed E-state index contributed by atoms with van der Waals surface area (Å²) in [6.45, 7) is 1.47. The van der Waals surface area contributed by atoms with Crippen LogP contribution in [0.3, 0.4) is 0 Å². The van der Waals surface area contributed by atoms with Gasteiger partial charge in [0.2, 0.25) is 5.91 Å². The number of aromatic nitrogens is 1. The van der Waals surface area contributed by atoms with E-state index in [9.17, 15) is 9.59 Å². The lowest BCUT2D eigenvalue weighted by Gasteiger charge is -2.20. The number of fused-ring (bicyclic) bond motifs is 1. The fourth-order valence-corrected chi connectivity index (χ4v) is 5.14. The zero-order valence-electron chi connectivity index (χ0n) is 19.0. The van der Waals surface area contributed by atoms with Crippen LogP contribution in [0.2, 0.25) is 5.02 Å². The molecule has 176 valence electrons. The molecule has 0 aliphatic carbocycles. The van der Waals surface area contributed by atoms with Crippen LogP contribution in [-0.2, 0) is 4.79 Å². The number of H-pyrrole nitrogens is 1. The molecule has 1 unspecified atom stereocenters. The summed E-state index contributed by atoms with van der Waals surface area (Å²) >= 11 is 10.2. The normalized spacial score (nSPS) is 15.4. The molecule has 1 aromatic heterocycles. The van der Waals surface area contributed by atoms with Gasteiger partial charge in [0.15, 0.2) is 0 Å². The van der Waals surface area contributed by atoms with Gasteiger partial charge in [-0.2, -0.15) is 5.10 Å². The first kappa shape index (κ1) is 23.3. The van der Waals surface area contributed by atoms with Gasteiger partial charge in [0, 0.05) is 44.9 Å². The fourth-order valence-electron chi connectivity index (χ4n) is 4.54. The molecule has 1 atom stereocenters. The first-order valence-corrected chi connectivity index (χ1v) is 12.2. The molecule has 2 heterocycles. The summed E-state index contributed by atoms with van der Waals surface area (Å²) in [7, 11) is 1.60. The first-order chi connectivity index (χ1) is 16.9. The number of carbonyl (C=O) groups excluding carboxylic acids is 1. The van der Waals surface area contributed by atoms with Crippen LogP contribution < -0.4 is 10.3 Å². The van der Waals surface area contributed by atoms with Gasteiger partial charge in [-0.25, -0.2) is 5.01 Å². The van der Waals surface area contributed by atoms with Crippen LogP contribution in [0, 0.1) is 0 Å². The maximum absolute atomic E-state index is 13.5. The van der Waals surface area contributed by atoms with Crippen molar-refractivity contribution < 1.29 is 9.53 Å². The number of hydrogen-bond acceptors (Lipinski definition) is 4. The van der Waals surface area contributed by atoms with E-state index in [4.69, 9.17) is 16.3 Å². The summed E-state index contributed by atoms with van der Waals surface area (Å²) in [6, 6.07) is 20.3. The number of pyridine rings is 1. The molecule has 35 heavy (non-hydrogen) atoms. The number of amides is 1. The molecule has 1 N–H and O–H groups in total. The summed E-state index contributed by atoms with van der Waals surface area (Å²) in [6.07, 6.45) is 0.368. The van der Waals surface area contributed by atoms with Gasteiger partial charge in [0.05, 0.1) is 24.4 Å².